The fraction of sp³-hybridized carbons (Fsp3) is 0.947. The van der Waals surface area contributed by atoms with Crippen molar-refractivity contribution in [3.05, 3.63) is 0 Å². The van der Waals surface area contributed by atoms with Gasteiger partial charge in [0.15, 0.2) is 0 Å². The zero-order chi connectivity index (χ0) is 15.3. The van der Waals surface area contributed by atoms with Crippen molar-refractivity contribution in [2.24, 2.45) is 11.8 Å². The number of hydrogen-bond acceptors (Lipinski definition) is 2. The minimum atomic E-state index is 0.0320. The van der Waals surface area contributed by atoms with E-state index in [0.29, 0.717) is 5.92 Å². The second-order valence-electron chi connectivity index (χ2n) is 6.79. The summed E-state index contributed by atoms with van der Waals surface area (Å²) in [6.07, 6.45) is 18.6. The molecule has 0 aromatic heterocycles. The van der Waals surface area contributed by atoms with Gasteiger partial charge in [0.05, 0.1) is 13.0 Å². The van der Waals surface area contributed by atoms with Crippen LogP contribution in [0.4, 0.5) is 0 Å². The van der Waals surface area contributed by atoms with Crippen LogP contribution in [0, 0.1) is 11.8 Å². The number of methoxy groups -OCH3 is 1. The second kappa shape index (κ2) is 12.1. The largest absolute Gasteiger partial charge is 0.469 e. The Bertz CT molecular complexity index is 262. The molecule has 2 nitrogen and oxygen atoms in total. The average molecular weight is 296 g/mol. The van der Waals surface area contributed by atoms with Crippen molar-refractivity contribution in [3.8, 4) is 0 Å². The molecule has 0 radical (unpaired) electrons. The Morgan fingerprint density at radius 2 is 1.48 bits per heavy atom. The lowest BCUT2D eigenvalue weighted by Crippen LogP contribution is -2.20. The lowest BCUT2D eigenvalue weighted by molar-refractivity contribution is -0.146. The summed E-state index contributed by atoms with van der Waals surface area (Å²) in [5, 5.41) is 0. The Morgan fingerprint density at radius 3 is 2.05 bits per heavy atom. The van der Waals surface area contributed by atoms with Crippen LogP contribution >= 0.6 is 0 Å². The highest BCUT2D eigenvalue weighted by Gasteiger charge is 2.32. The third-order valence-electron chi connectivity index (χ3n) is 5.09. The van der Waals surface area contributed by atoms with Crippen LogP contribution in [-0.2, 0) is 9.53 Å². The van der Waals surface area contributed by atoms with Gasteiger partial charge < -0.3 is 4.74 Å². The predicted octanol–water partition coefficient (Wildman–Crippen LogP) is 5.89. The Labute approximate surface area is 132 Å². The van der Waals surface area contributed by atoms with E-state index in [4.69, 9.17) is 4.74 Å². The number of hydrogen-bond donors (Lipinski definition) is 0. The van der Waals surface area contributed by atoms with Gasteiger partial charge in [0, 0.05) is 0 Å². The SMILES string of the molecule is CCCCCCCCCCCC[C@H]1CCC[C@@H]1C(=O)OC. The van der Waals surface area contributed by atoms with Crippen LogP contribution in [0.2, 0.25) is 0 Å². The van der Waals surface area contributed by atoms with E-state index in [1.54, 1.807) is 0 Å². The molecule has 1 aliphatic rings. The summed E-state index contributed by atoms with van der Waals surface area (Å²) in [7, 11) is 1.53. The number of carbonyl (C=O) groups excluding carboxylic acids is 1. The highest BCUT2D eigenvalue weighted by Crippen LogP contribution is 2.36. The van der Waals surface area contributed by atoms with Gasteiger partial charge in [0.2, 0.25) is 0 Å². The molecule has 1 rings (SSSR count). The average Bonchev–Trinajstić information content (AvgIpc) is 2.97. The summed E-state index contributed by atoms with van der Waals surface area (Å²) in [5.74, 6) is 0.838. The number of rotatable bonds is 12. The van der Waals surface area contributed by atoms with Gasteiger partial charge in [0.25, 0.3) is 0 Å². The summed E-state index contributed by atoms with van der Waals surface area (Å²) in [6.45, 7) is 2.27. The molecule has 0 amide bonds. The standard InChI is InChI=1S/C19H36O2/c1-3-4-5-6-7-8-9-10-11-12-14-17-15-13-16-18(17)19(20)21-2/h17-18H,3-16H2,1-2H3/t17-,18-/m0/s1. The van der Waals surface area contributed by atoms with Gasteiger partial charge in [-0.15, -0.1) is 0 Å². The molecule has 1 fully saturated rings. The minimum Gasteiger partial charge on any atom is -0.469 e. The third-order valence-corrected chi connectivity index (χ3v) is 5.09. The van der Waals surface area contributed by atoms with E-state index >= 15 is 0 Å². The molecule has 0 spiro atoms. The maximum Gasteiger partial charge on any atom is 0.308 e. The van der Waals surface area contributed by atoms with Gasteiger partial charge in [-0.25, -0.2) is 0 Å². The van der Waals surface area contributed by atoms with Crippen LogP contribution in [0.15, 0.2) is 0 Å². The van der Waals surface area contributed by atoms with Crippen molar-refractivity contribution < 1.29 is 9.53 Å². The van der Waals surface area contributed by atoms with E-state index in [0.717, 1.165) is 6.42 Å². The van der Waals surface area contributed by atoms with Gasteiger partial charge in [-0.1, -0.05) is 77.6 Å². The van der Waals surface area contributed by atoms with Gasteiger partial charge >= 0.3 is 5.97 Å². The van der Waals surface area contributed by atoms with Gasteiger partial charge in [-0.3, -0.25) is 4.79 Å². The van der Waals surface area contributed by atoms with E-state index in [1.165, 1.54) is 90.6 Å². The van der Waals surface area contributed by atoms with E-state index in [1.807, 2.05) is 0 Å². The molecular weight excluding hydrogens is 260 g/mol. The quantitative estimate of drug-likeness (QED) is 0.332. The maximum atomic E-state index is 11.7. The van der Waals surface area contributed by atoms with Crippen LogP contribution in [0.1, 0.15) is 96.8 Å². The summed E-state index contributed by atoms with van der Waals surface area (Å²) >= 11 is 0. The molecule has 1 aliphatic carbocycles. The van der Waals surface area contributed by atoms with E-state index < -0.39 is 0 Å². The molecule has 0 unspecified atom stereocenters. The fourth-order valence-corrected chi connectivity index (χ4v) is 3.74. The number of unbranched alkanes of at least 4 members (excludes halogenated alkanes) is 9. The summed E-state index contributed by atoms with van der Waals surface area (Å²) in [4.78, 5) is 11.7. The first-order valence-electron chi connectivity index (χ1n) is 9.37. The van der Waals surface area contributed by atoms with Gasteiger partial charge in [0.1, 0.15) is 0 Å². The van der Waals surface area contributed by atoms with Crippen molar-refractivity contribution in [2.75, 3.05) is 7.11 Å². The van der Waals surface area contributed by atoms with E-state index in [2.05, 4.69) is 6.92 Å². The number of ether oxygens (including phenoxy) is 1. The Balaban J connectivity index is 1.93. The van der Waals surface area contributed by atoms with Crippen LogP contribution in [-0.4, -0.2) is 13.1 Å². The lowest BCUT2D eigenvalue weighted by atomic mass is 9.90. The summed E-state index contributed by atoms with van der Waals surface area (Å²) in [5.41, 5.74) is 0. The summed E-state index contributed by atoms with van der Waals surface area (Å²) < 4.78 is 4.93. The molecule has 0 saturated heterocycles. The van der Waals surface area contributed by atoms with Crippen molar-refractivity contribution in [1.29, 1.82) is 0 Å². The molecule has 2 heteroatoms. The van der Waals surface area contributed by atoms with Crippen molar-refractivity contribution in [3.63, 3.8) is 0 Å². The molecular formula is C19H36O2. The summed E-state index contributed by atoms with van der Waals surface area (Å²) in [6, 6.07) is 0. The Kier molecular flexibility index (Phi) is 10.6. The molecule has 0 aliphatic heterocycles. The van der Waals surface area contributed by atoms with Crippen LogP contribution in [0.3, 0.4) is 0 Å². The molecule has 0 aromatic rings. The normalized spacial score (nSPS) is 21.6. The van der Waals surface area contributed by atoms with Crippen LogP contribution in [0.25, 0.3) is 0 Å². The number of esters is 1. The Hall–Kier alpha value is -0.530. The lowest BCUT2D eigenvalue weighted by Gasteiger charge is -2.17. The van der Waals surface area contributed by atoms with Crippen molar-refractivity contribution >= 4 is 5.97 Å². The smallest absolute Gasteiger partial charge is 0.308 e. The third kappa shape index (κ3) is 7.87. The molecule has 0 bridgehead atoms. The van der Waals surface area contributed by atoms with Gasteiger partial charge in [-0.2, -0.15) is 0 Å². The van der Waals surface area contributed by atoms with E-state index in [-0.39, 0.29) is 11.9 Å². The molecule has 124 valence electrons. The highest BCUT2D eigenvalue weighted by molar-refractivity contribution is 5.72. The maximum absolute atomic E-state index is 11.7. The molecule has 2 atom stereocenters. The van der Waals surface area contributed by atoms with Crippen molar-refractivity contribution in [2.45, 2.75) is 96.8 Å². The fourth-order valence-electron chi connectivity index (χ4n) is 3.74. The first kappa shape index (κ1) is 18.5. The van der Waals surface area contributed by atoms with Crippen molar-refractivity contribution in [1.82, 2.24) is 0 Å². The topological polar surface area (TPSA) is 26.3 Å². The molecule has 21 heavy (non-hydrogen) atoms. The first-order valence-corrected chi connectivity index (χ1v) is 9.37. The van der Waals surface area contributed by atoms with Gasteiger partial charge in [-0.05, 0) is 25.2 Å². The zero-order valence-corrected chi connectivity index (χ0v) is 14.4. The molecule has 0 heterocycles. The second-order valence-corrected chi connectivity index (χ2v) is 6.79. The first-order chi connectivity index (χ1) is 10.3. The molecule has 1 saturated carbocycles. The van der Waals surface area contributed by atoms with E-state index in [9.17, 15) is 4.79 Å². The monoisotopic (exact) mass is 296 g/mol. The van der Waals surface area contributed by atoms with Crippen LogP contribution in [0.5, 0.6) is 0 Å². The Morgan fingerprint density at radius 1 is 0.905 bits per heavy atom. The number of carbonyl (C=O) groups is 1. The molecule has 0 aromatic carbocycles. The van der Waals surface area contributed by atoms with Crippen LogP contribution < -0.4 is 0 Å². The minimum absolute atomic E-state index is 0.0320. The zero-order valence-electron chi connectivity index (χ0n) is 14.4. The molecule has 0 N–H and O–H groups in total. The predicted molar refractivity (Wildman–Crippen MR) is 89.3 cm³/mol. The highest BCUT2D eigenvalue weighted by atomic mass is 16.5.